The molecule has 3 atom stereocenters. The van der Waals surface area contributed by atoms with Crippen molar-refractivity contribution in [3.63, 3.8) is 0 Å². The fourth-order valence-electron chi connectivity index (χ4n) is 2.26. The Labute approximate surface area is 93.0 Å². The molecule has 0 saturated carbocycles. The zero-order valence-corrected chi connectivity index (χ0v) is 10.2. The number of hydrogen-bond donors (Lipinski definition) is 2. The van der Waals surface area contributed by atoms with E-state index >= 15 is 0 Å². The van der Waals surface area contributed by atoms with Gasteiger partial charge in [-0.15, -0.1) is 0 Å². The quantitative estimate of drug-likeness (QED) is 0.744. The van der Waals surface area contributed by atoms with Crippen molar-refractivity contribution in [2.24, 2.45) is 5.92 Å². The van der Waals surface area contributed by atoms with Crippen molar-refractivity contribution in [3.05, 3.63) is 0 Å². The van der Waals surface area contributed by atoms with Crippen LogP contribution in [0.4, 0.5) is 0 Å². The number of carbonyl (C=O) groups excluding carboxylic acids is 1. The van der Waals surface area contributed by atoms with Gasteiger partial charge in [-0.25, -0.2) is 0 Å². The fourth-order valence-corrected chi connectivity index (χ4v) is 2.26. The molecule has 1 amide bonds. The Kier molecular flexibility index (Phi) is 5.09. The molecule has 0 aromatic heterocycles. The van der Waals surface area contributed by atoms with Gasteiger partial charge in [0.15, 0.2) is 0 Å². The van der Waals surface area contributed by atoms with E-state index in [2.05, 4.69) is 31.4 Å². The van der Waals surface area contributed by atoms with Crippen molar-refractivity contribution in [2.45, 2.75) is 58.5 Å². The first-order valence-electron chi connectivity index (χ1n) is 6.19. The summed E-state index contributed by atoms with van der Waals surface area (Å²) in [5.74, 6) is 0.397. The second kappa shape index (κ2) is 6.11. The lowest BCUT2D eigenvalue weighted by Gasteiger charge is -2.30. The lowest BCUT2D eigenvalue weighted by molar-refractivity contribution is -0.127. The molecule has 3 nitrogen and oxygen atoms in total. The van der Waals surface area contributed by atoms with Gasteiger partial charge in [0.1, 0.15) is 0 Å². The molecule has 0 aliphatic carbocycles. The minimum absolute atomic E-state index is 0.165. The molecule has 88 valence electrons. The van der Waals surface area contributed by atoms with Gasteiger partial charge in [-0.1, -0.05) is 13.3 Å². The maximum atomic E-state index is 11.9. The zero-order valence-electron chi connectivity index (χ0n) is 10.2. The van der Waals surface area contributed by atoms with E-state index in [0.717, 1.165) is 32.2 Å². The molecule has 0 bridgehead atoms. The Morgan fingerprint density at radius 3 is 2.93 bits per heavy atom. The minimum Gasteiger partial charge on any atom is -0.353 e. The normalized spacial score (nSPS) is 28.5. The Balaban J connectivity index is 2.37. The first-order valence-corrected chi connectivity index (χ1v) is 6.19. The van der Waals surface area contributed by atoms with E-state index in [1.165, 1.54) is 0 Å². The van der Waals surface area contributed by atoms with Gasteiger partial charge < -0.3 is 10.6 Å². The second-order valence-electron chi connectivity index (χ2n) is 4.69. The smallest absolute Gasteiger partial charge is 0.224 e. The van der Waals surface area contributed by atoms with Crippen LogP contribution in [0.15, 0.2) is 0 Å². The molecular formula is C12H24N2O. The van der Waals surface area contributed by atoms with Crippen LogP contribution in [-0.2, 0) is 4.79 Å². The van der Waals surface area contributed by atoms with Gasteiger partial charge in [0, 0.05) is 12.1 Å². The molecule has 1 aliphatic heterocycles. The molecule has 1 saturated heterocycles. The van der Waals surface area contributed by atoms with E-state index in [1.807, 2.05) is 0 Å². The lowest BCUT2D eigenvalue weighted by Crippen LogP contribution is -2.48. The van der Waals surface area contributed by atoms with Crippen LogP contribution in [0.1, 0.15) is 46.5 Å². The SMILES string of the molecule is CCCC(C)NC(=O)[C@@H]1CCCN[C@@H]1C. The van der Waals surface area contributed by atoms with Gasteiger partial charge in [0.25, 0.3) is 0 Å². The highest BCUT2D eigenvalue weighted by molar-refractivity contribution is 5.79. The minimum atomic E-state index is 0.165. The highest BCUT2D eigenvalue weighted by Crippen LogP contribution is 2.16. The van der Waals surface area contributed by atoms with Crippen LogP contribution in [0, 0.1) is 5.92 Å². The predicted molar refractivity (Wildman–Crippen MR) is 62.7 cm³/mol. The summed E-state index contributed by atoms with van der Waals surface area (Å²) in [5, 5.41) is 6.46. The largest absolute Gasteiger partial charge is 0.353 e. The van der Waals surface area contributed by atoms with Gasteiger partial charge >= 0.3 is 0 Å². The molecule has 0 aromatic rings. The molecule has 2 N–H and O–H groups in total. The van der Waals surface area contributed by atoms with Gasteiger partial charge in [-0.2, -0.15) is 0 Å². The van der Waals surface area contributed by atoms with Crippen LogP contribution in [0.2, 0.25) is 0 Å². The average molecular weight is 212 g/mol. The highest BCUT2D eigenvalue weighted by atomic mass is 16.2. The van der Waals surface area contributed by atoms with Crippen molar-refractivity contribution in [2.75, 3.05) is 6.54 Å². The molecule has 0 aromatic carbocycles. The van der Waals surface area contributed by atoms with Gasteiger partial charge in [-0.05, 0) is 39.7 Å². The first-order chi connectivity index (χ1) is 7.15. The van der Waals surface area contributed by atoms with Crippen LogP contribution < -0.4 is 10.6 Å². The van der Waals surface area contributed by atoms with Crippen LogP contribution in [0.25, 0.3) is 0 Å². The summed E-state index contributed by atoms with van der Waals surface area (Å²) in [5.41, 5.74) is 0. The summed E-state index contributed by atoms with van der Waals surface area (Å²) >= 11 is 0. The third-order valence-electron chi connectivity index (χ3n) is 3.21. The first kappa shape index (κ1) is 12.5. The fraction of sp³-hybridized carbons (Fsp3) is 0.917. The van der Waals surface area contributed by atoms with Crippen molar-refractivity contribution >= 4 is 5.91 Å². The Hall–Kier alpha value is -0.570. The second-order valence-corrected chi connectivity index (χ2v) is 4.69. The Bertz CT molecular complexity index is 206. The van der Waals surface area contributed by atoms with Gasteiger partial charge in [-0.3, -0.25) is 4.79 Å². The average Bonchev–Trinajstić information content (AvgIpc) is 2.18. The number of piperidine rings is 1. The van der Waals surface area contributed by atoms with Crippen LogP contribution in [0.5, 0.6) is 0 Å². The van der Waals surface area contributed by atoms with E-state index < -0.39 is 0 Å². The molecule has 1 fully saturated rings. The summed E-state index contributed by atoms with van der Waals surface area (Å²) in [7, 11) is 0. The summed E-state index contributed by atoms with van der Waals surface area (Å²) in [4.78, 5) is 11.9. The summed E-state index contributed by atoms with van der Waals surface area (Å²) in [6.07, 6.45) is 4.34. The third-order valence-corrected chi connectivity index (χ3v) is 3.21. The maximum absolute atomic E-state index is 11.9. The molecule has 0 spiro atoms. The van der Waals surface area contributed by atoms with E-state index in [9.17, 15) is 4.79 Å². The predicted octanol–water partition coefficient (Wildman–Crippen LogP) is 1.68. The molecular weight excluding hydrogens is 188 g/mol. The van der Waals surface area contributed by atoms with E-state index in [4.69, 9.17) is 0 Å². The number of hydrogen-bond acceptors (Lipinski definition) is 2. The zero-order chi connectivity index (χ0) is 11.3. The van der Waals surface area contributed by atoms with Crippen molar-refractivity contribution in [3.8, 4) is 0 Å². The molecule has 15 heavy (non-hydrogen) atoms. The molecule has 1 heterocycles. The number of amides is 1. The number of nitrogens with one attached hydrogen (secondary N) is 2. The van der Waals surface area contributed by atoms with Crippen molar-refractivity contribution in [1.29, 1.82) is 0 Å². The van der Waals surface area contributed by atoms with E-state index in [1.54, 1.807) is 0 Å². The topological polar surface area (TPSA) is 41.1 Å². The van der Waals surface area contributed by atoms with Gasteiger partial charge in [0.2, 0.25) is 5.91 Å². The van der Waals surface area contributed by atoms with Crippen LogP contribution in [0.3, 0.4) is 0 Å². The summed E-state index contributed by atoms with van der Waals surface area (Å²) < 4.78 is 0. The summed E-state index contributed by atoms with van der Waals surface area (Å²) in [6.45, 7) is 7.39. The third kappa shape index (κ3) is 3.82. The van der Waals surface area contributed by atoms with Gasteiger partial charge in [0.05, 0.1) is 5.92 Å². The Morgan fingerprint density at radius 1 is 1.60 bits per heavy atom. The highest BCUT2D eigenvalue weighted by Gasteiger charge is 2.27. The van der Waals surface area contributed by atoms with Crippen molar-refractivity contribution in [1.82, 2.24) is 10.6 Å². The molecule has 1 unspecified atom stereocenters. The number of carbonyl (C=O) groups is 1. The molecule has 3 heteroatoms. The number of rotatable bonds is 4. The maximum Gasteiger partial charge on any atom is 0.224 e. The lowest BCUT2D eigenvalue weighted by atomic mass is 9.91. The summed E-state index contributed by atoms with van der Waals surface area (Å²) in [6, 6.07) is 0.643. The van der Waals surface area contributed by atoms with E-state index in [-0.39, 0.29) is 11.8 Å². The standard InChI is InChI=1S/C12H24N2O/c1-4-6-9(2)14-12(15)11-7-5-8-13-10(11)3/h9-11,13H,4-8H2,1-3H3,(H,14,15)/t9?,10-,11-/m1/s1. The molecule has 1 aliphatic rings. The van der Waals surface area contributed by atoms with Crippen LogP contribution in [-0.4, -0.2) is 24.5 Å². The molecule has 0 radical (unpaired) electrons. The van der Waals surface area contributed by atoms with Crippen molar-refractivity contribution < 1.29 is 4.79 Å². The molecule has 1 rings (SSSR count). The monoisotopic (exact) mass is 212 g/mol. The van der Waals surface area contributed by atoms with Crippen LogP contribution >= 0.6 is 0 Å². The Morgan fingerprint density at radius 2 is 2.33 bits per heavy atom. The van der Waals surface area contributed by atoms with E-state index in [0.29, 0.717) is 12.1 Å².